The normalized spacial score (nSPS) is 30.1. The molecule has 18 heavy (non-hydrogen) atoms. The zero-order chi connectivity index (χ0) is 12.8. The third-order valence-corrected chi connectivity index (χ3v) is 3.67. The van der Waals surface area contributed by atoms with Crippen molar-refractivity contribution in [2.24, 2.45) is 5.92 Å². The predicted molar refractivity (Wildman–Crippen MR) is 67.9 cm³/mol. The predicted octanol–water partition coefficient (Wildman–Crippen LogP) is 0.945. The van der Waals surface area contributed by atoms with Gasteiger partial charge in [-0.2, -0.15) is 0 Å². The van der Waals surface area contributed by atoms with Gasteiger partial charge in [-0.3, -0.25) is 10.2 Å². The van der Waals surface area contributed by atoms with Gasteiger partial charge in [-0.25, -0.2) is 5.01 Å². The number of hydrogen-bond donors (Lipinski definition) is 1. The molecule has 2 unspecified atom stereocenters. The van der Waals surface area contributed by atoms with Crippen LogP contribution in [-0.4, -0.2) is 49.9 Å². The summed E-state index contributed by atoms with van der Waals surface area (Å²) in [4.78, 5) is 11.8. The van der Waals surface area contributed by atoms with E-state index in [1.807, 2.05) is 6.92 Å². The molecule has 5 heteroatoms. The zero-order valence-corrected chi connectivity index (χ0v) is 11.2. The molecule has 0 radical (unpaired) electrons. The van der Waals surface area contributed by atoms with Gasteiger partial charge in [0.2, 0.25) is 0 Å². The van der Waals surface area contributed by atoms with Crippen LogP contribution in [0.1, 0.15) is 32.6 Å². The molecule has 1 heterocycles. The van der Waals surface area contributed by atoms with Gasteiger partial charge in [-0.15, -0.1) is 0 Å². The third kappa shape index (κ3) is 3.93. The number of rotatable bonds is 4. The minimum absolute atomic E-state index is 0.0222. The lowest BCUT2D eigenvalue weighted by molar-refractivity contribution is -0.149. The maximum atomic E-state index is 11.8. The first kappa shape index (κ1) is 13.8. The topological polar surface area (TPSA) is 50.8 Å². The Morgan fingerprint density at radius 1 is 1.39 bits per heavy atom. The summed E-state index contributed by atoms with van der Waals surface area (Å²) in [6.07, 6.45) is 4.12. The van der Waals surface area contributed by atoms with Gasteiger partial charge in [-0.1, -0.05) is 6.42 Å². The first-order valence-corrected chi connectivity index (χ1v) is 7.05. The highest BCUT2D eigenvalue weighted by molar-refractivity contribution is 5.72. The van der Waals surface area contributed by atoms with E-state index in [2.05, 4.69) is 10.4 Å². The fourth-order valence-corrected chi connectivity index (χ4v) is 2.73. The van der Waals surface area contributed by atoms with E-state index in [1.165, 1.54) is 0 Å². The number of nitrogens with one attached hydrogen (secondary N) is 1. The van der Waals surface area contributed by atoms with Crippen molar-refractivity contribution in [3.8, 4) is 0 Å². The molecule has 0 amide bonds. The minimum atomic E-state index is -0.0222. The van der Waals surface area contributed by atoms with Gasteiger partial charge in [0, 0.05) is 19.1 Å². The van der Waals surface area contributed by atoms with E-state index in [4.69, 9.17) is 9.47 Å². The molecule has 2 fully saturated rings. The summed E-state index contributed by atoms with van der Waals surface area (Å²) in [6.45, 7) is 5.80. The summed E-state index contributed by atoms with van der Waals surface area (Å²) in [7, 11) is 0. The largest absolute Gasteiger partial charge is 0.466 e. The summed E-state index contributed by atoms with van der Waals surface area (Å²) in [6, 6.07) is 0.409. The Hall–Kier alpha value is -0.650. The van der Waals surface area contributed by atoms with E-state index in [1.54, 1.807) is 0 Å². The summed E-state index contributed by atoms with van der Waals surface area (Å²) in [5.74, 6) is 0.0585. The Morgan fingerprint density at radius 3 is 2.89 bits per heavy atom. The van der Waals surface area contributed by atoms with Crippen LogP contribution in [0.25, 0.3) is 0 Å². The number of carbonyl (C=O) groups is 1. The zero-order valence-electron chi connectivity index (χ0n) is 11.2. The van der Waals surface area contributed by atoms with Gasteiger partial charge in [0.05, 0.1) is 25.7 Å². The molecule has 2 rings (SSSR count). The number of hydrogen-bond acceptors (Lipinski definition) is 5. The highest BCUT2D eigenvalue weighted by Gasteiger charge is 2.29. The number of morpholine rings is 1. The van der Waals surface area contributed by atoms with Crippen LogP contribution < -0.4 is 5.43 Å². The molecule has 1 aliphatic heterocycles. The van der Waals surface area contributed by atoms with E-state index in [0.29, 0.717) is 12.6 Å². The summed E-state index contributed by atoms with van der Waals surface area (Å²) in [5, 5.41) is 2.22. The van der Waals surface area contributed by atoms with Gasteiger partial charge in [0.25, 0.3) is 0 Å². The number of carbonyl (C=O) groups excluding carboxylic acids is 1. The molecule has 0 bridgehead atoms. The van der Waals surface area contributed by atoms with E-state index >= 15 is 0 Å². The fraction of sp³-hybridized carbons (Fsp3) is 0.923. The Labute approximate surface area is 109 Å². The monoisotopic (exact) mass is 256 g/mol. The van der Waals surface area contributed by atoms with E-state index in [-0.39, 0.29) is 11.9 Å². The molecule has 0 aromatic carbocycles. The molecule has 1 N–H and O–H groups in total. The maximum absolute atomic E-state index is 11.8. The first-order valence-electron chi connectivity index (χ1n) is 7.05. The minimum Gasteiger partial charge on any atom is -0.466 e. The first-order chi connectivity index (χ1) is 8.79. The van der Waals surface area contributed by atoms with E-state index in [9.17, 15) is 4.79 Å². The van der Waals surface area contributed by atoms with Crippen LogP contribution in [-0.2, 0) is 14.3 Å². The van der Waals surface area contributed by atoms with Crippen molar-refractivity contribution >= 4 is 5.97 Å². The van der Waals surface area contributed by atoms with Crippen molar-refractivity contribution in [1.29, 1.82) is 0 Å². The standard InChI is InChI=1S/C13H24N2O3/c1-2-18-13(16)11-4-3-5-12(10-11)14-15-6-8-17-9-7-15/h11-12,14H,2-10H2,1H3. The smallest absolute Gasteiger partial charge is 0.308 e. The van der Waals surface area contributed by atoms with Crippen LogP contribution in [0.5, 0.6) is 0 Å². The molecule has 5 nitrogen and oxygen atoms in total. The van der Waals surface area contributed by atoms with Crippen LogP contribution in [0, 0.1) is 5.92 Å². The van der Waals surface area contributed by atoms with Crippen molar-refractivity contribution in [1.82, 2.24) is 10.4 Å². The van der Waals surface area contributed by atoms with Crippen molar-refractivity contribution in [3.05, 3.63) is 0 Å². The lowest BCUT2D eigenvalue weighted by Crippen LogP contribution is -2.51. The molecular formula is C13H24N2O3. The molecule has 1 saturated carbocycles. The summed E-state index contributed by atoms with van der Waals surface area (Å²) >= 11 is 0. The van der Waals surface area contributed by atoms with Crippen molar-refractivity contribution in [3.63, 3.8) is 0 Å². The van der Waals surface area contributed by atoms with Gasteiger partial charge in [0.15, 0.2) is 0 Å². The molecule has 0 spiro atoms. The molecule has 0 aromatic rings. The van der Waals surface area contributed by atoms with Gasteiger partial charge in [0.1, 0.15) is 0 Å². The van der Waals surface area contributed by atoms with Gasteiger partial charge >= 0.3 is 5.97 Å². The average Bonchev–Trinajstić information content (AvgIpc) is 2.40. The van der Waals surface area contributed by atoms with Crippen LogP contribution in [0.2, 0.25) is 0 Å². The highest BCUT2D eigenvalue weighted by Crippen LogP contribution is 2.25. The Bertz CT molecular complexity index is 267. The second kappa shape index (κ2) is 7.07. The van der Waals surface area contributed by atoms with Gasteiger partial charge in [-0.05, 0) is 26.2 Å². The van der Waals surface area contributed by atoms with Crippen LogP contribution in [0.4, 0.5) is 0 Å². The van der Waals surface area contributed by atoms with Crippen molar-refractivity contribution in [2.45, 2.75) is 38.6 Å². The van der Waals surface area contributed by atoms with Gasteiger partial charge < -0.3 is 9.47 Å². The number of esters is 1. The average molecular weight is 256 g/mol. The SMILES string of the molecule is CCOC(=O)C1CCCC(NN2CCOCC2)C1. The van der Waals surface area contributed by atoms with E-state index < -0.39 is 0 Å². The van der Waals surface area contributed by atoms with Crippen molar-refractivity contribution < 1.29 is 14.3 Å². The second-order valence-electron chi connectivity index (χ2n) is 5.04. The van der Waals surface area contributed by atoms with Crippen LogP contribution in [0.15, 0.2) is 0 Å². The van der Waals surface area contributed by atoms with E-state index in [0.717, 1.165) is 52.0 Å². The van der Waals surface area contributed by atoms with Crippen LogP contribution >= 0.6 is 0 Å². The molecular weight excluding hydrogens is 232 g/mol. The number of ether oxygens (including phenoxy) is 2. The molecule has 104 valence electrons. The summed E-state index contributed by atoms with van der Waals surface area (Å²) < 4.78 is 10.4. The lowest BCUT2D eigenvalue weighted by atomic mass is 9.86. The summed E-state index contributed by atoms with van der Waals surface area (Å²) in [5.41, 5.74) is 3.53. The molecule has 2 atom stereocenters. The lowest BCUT2D eigenvalue weighted by Gasteiger charge is -2.35. The molecule has 2 aliphatic rings. The fourth-order valence-electron chi connectivity index (χ4n) is 2.73. The number of hydrazine groups is 1. The quantitative estimate of drug-likeness (QED) is 0.759. The highest BCUT2D eigenvalue weighted by atomic mass is 16.5. The molecule has 0 aromatic heterocycles. The third-order valence-electron chi connectivity index (χ3n) is 3.67. The maximum Gasteiger partial charge on any atom is 0.308 e. The van der Waals surface area contributed by atoms with Crippen molar-refractivity contribution in [2.75, 3.05) is 32.9 Å². The Morgan fingerprint density at radius 2 is 2.17 bits per heavy atom. The molecule has 1 saturated heterocycles. The second-order valence-corrected chi connectivity index (χ2v) is 5.04. The van der Waals surface area contributed by atoms with Crippen LogP contribution in [0.3, 0.4) is 0 Å². The Kier molecular flexibility index (Phi) is 5.41. The Balaban J connectivity index is 1.77. The number of nitrogens with zero attached hydrogens (tertiary/aromatic N) is 1. The molecule has 1 aliphatic carbocycles.